The number of hydrogen-bond acceptors (Lipinski definition) is 6. The van der Waals surface area contributed by atoms with Crippen molar-refractivity contribution in [3.05, 3.63) is 29.8 Å². The fraction of sp³-hybridized carbons (Fsp3) is 0.357. The molecule has 1 heterocycles. The van der Waals surface area contributed by atoms with Crippen molar-refractivity contribution in [3.8, 4) is 6.01 Å². The van der Waals surface area contributed by atoms with Crippen molar-refractivity contribution < 1.29 is 4.74 Å². The zero-order chi connectivity index (χ0) is 14.5. The molecule has 0 radical (unpaired) electrons. The fourth-order valence-electron chi connectivity index (χ4n) is 1.77. The minimum Gasteiger partial charge on any atom is -0.467 e. The lowest BCUT2D eigenvalue weighted by Gasteiger charge is -2.18. The second-order valence-electron chi connectivity index (χ2n) is 4.27. The highest BCUT2D eigenvalue weighted by Gasteiger charge is 2.11. The van der Waals surface area contributed by atoms with Crippen LogP contribution >= 0.6 is 0 Å². The molecule has 0 bridgehead atoms. The van der Waals surface area contributed by atoms with Crippen LogP contribution in [0.5, 0.6) is 6.01 Å². The number of aromatic nitrogens is 3. The number of benzene rings is 1. The monoisotopic (exact) mass is 273 g/mol. The Morgan fingerprint density at radius 3 is 2.40 bits per heavy atom. The van der Waals surface area contributed by atoms with Gasteiger partial charge in [-0.3, -0.25) is 0 Å². The van der Waals surface area contributed by atoms with E-state index in [0.29, 0.717) is 11.9 Å². The van der Waals surface area contributed by atoms with Crippen LogP contribution in [0.15, 0.2) is 24.3 Å². The summed E-state index contributed by atoms with van der Waals surface area (Å²) in [4.78, 5) is 14.6. The first-order valence-electron chi connectivity index (χ1n) is 6.48. The first kappa shape index (κ1) is 14.0. The van der Waals surface area contributed by atoms with Crippen LogP contribution < -0.4 is 15.0 Å². The van der Waals surface area contributed by atoms with Gasteiger partial charge in [-0.1, -0.05) is 19.1 Å². The third kappa shape index (κ3) is 2.96. The molecule has 1 aromatic carbocycles. The summed E-state index contributed by atoms with van der Waals surface area (Å²) in [6, 6.07) is 8.59. The van der Waals surface area contributed by atoms with Crippen molar-refractivity contribution in [2.75, 3.05) is 31.4 Å². The molecule has 20 heavy (non-hydrogen) atoms. The fourth-order valence-corrected chi connectivity index (χ4v) is 1.77. The molecule has 1 N–H and O–H groups in total. The van der Waals surface area contributed by atoms with E-state index in [1.54, 1.807) is 7.05 Å². The molecule has 0 spiro atoms. The topological polar surface area (TPSA) is 63.2 Å². The molecule has 0 aliphatic heterocycles. The Morgan fingerprint density at radius 1 is 1.15 bits per heavy atom. The minimum absolute atomic E-state index is 0.288. The summed E-state index contributed by atoms with van der Waals surface area (Å²) in [7, 11) is 5.21. The van der Waals surface area contributed by atoms with Crippen LogP contribution in [0.25, 0.3) is 0 Å². The van der Waals surface area contributed by atoms with E-state index in [4.69, 9.17) is 4.74 Å². The van der Waals surface area contributed by atoms with Crippen molar-refractivity contribution in [2.45, 2.75) is 13.3 Å². The normalized spacial score (nSPS) is 10.2. The van der Waals surface area contributed by atoms with Crippen LogP contribution in [-0.2, 0) is 6.42 Å². The molecule has 0 saturated carbocycles. The number of methoxy groups -OCH3 is 1. The predicted octanol–water partition coefficient (Wildman–Crippen LogP) is 2.25. The molecule has 0 amide bonds. The summed E-state index contributed by atoms with van der Waals surface area (Å²) in [5, 5.41) is 2.90. The Kier molecular flexibility index (Phi) is 4.34. The molecule has 0 fully saturated rings. The van der Waals surface area contributed by atoms with E-state index in [-0.39, 0.29) is 6.01 Å². The Hall–Kier alpha value is -2.37. The molecule has 0 aliphatic carbocycles. The van der Waals surface area contributed by atoms with Crippen LogP contribution in [0.1, 0.15) is 12.5 Å². The summed E-state index contributed by atoms with van der Waals surface area (Å²) in [5.74, 6) is 1.01. The summed E-state index contributed by atoms with van der Waals surface area (Å²) >= 11 is 0. The van der Waals surface area contributed by atoms with E-state index in [2.05, 4.69) is 39.3 Å². The molecule has 1 aromatic heterocycles. The van der Waals surface area contributed by atoms with E-state index >= 15 is 0 Å². The molecule has 2 aromatic rings. The molecule has 6 nitrogen and oxygen atoms in total. The quantitative estimate of drug-likeness (QED) is 0.901. The number of aryl methyl sites for hydroxylation is 1. The van der Waals surface area contributed by atoms with E-state index in [9.17, 15) is 0 Å². The van der Waals surface area contributed by atoms with Gasteiger partial charge in [-0.25, -0.2) is 0 Å². The van der Waals surface area contributed by atoms with E-state index in [1.807, 2.05) is 24.1 Å². The third-order valence-corrected chi connectivity index (χ3v) is 3.04. The van der Waals surface area contributed by atoms with Crippen molar-refractivity contribution >= 4 is 17.6 Å². The van der Waals surface area contributed by atoms with Gasteiger partial charge in [0.2, 0.25) is 11.9 Å². The van der Waals surface area contributed by atoms with Crippen LogP contribution in [-0.4, -0.2) is 36.2 Å². The van der Waals surface area contributed by atoms with Crippen molar-refractivity contribution in [3.63, 3.8) is 0 Å². The molecule has 0 atom stereocenters. The number of rotatable bonds is 5. The Bertz CT molecular complexity index is 548. The van der Waals surface area contributed by atoms with Gasteiger partial charge >= 0.3 is 6.01 Å². The number of nitrogens with one attached hydrogen (secondary N) is 1. The zero-order valence-corrected chi connectivity index (χ0v) is 12.2. The average molecular weight is 273 g/mol. The van der Waals surface area contributed by atoms with Gasteiger partial charge in [0, 0.05) is 19.8 Å². The molecule has 6 heteroatoms. The van der Waals surface area contributed by atoms with Gasteiger partial charge in [-0.2, -0.15) is 15.0 Å². The molecular weight excluding hydrogens is 254 g/mol. The van der Waals surface area contributed by atoms with Gasteiger partial charge in [-0.15, -0.1) is 0 Å². The SMILES string of the molecule is CCc1ccc(N(C)c2nc(NC)nc(OC)n2)cc1. The molecule has 2 rings (SSSR count). The van der Waals surface area contributed by atoms with Gasteiger partial charge in [0.05, 0.1) is 7.11 Å². The van der Waals surface area contributed by atoms with Gasteiger partial charge in [0.25, 0.3) is 0 Å². The Morgan fingerprint density at radius 2 is 1.85 bits per heavy atom. The zero-order valence-electron chi connectivity index (χ0n) is 12.2. The maximum atomic E-state index is 5.09. The standard InChI is InChI=1S/C14H19N5O/c1-5-10-6-8-11(9-7-10)19(3)13-16-12(15-2)17-14(18-13)20-4/h6-9H,5H2,1-4H3,(H,15,16,17,18). The molecule has 0 unspecified atom stereocenters. The van der Waals surface area contributed by atoms with Gasteiger partial charge < -0.3 is 15.0 Å². The highest BCUT2D eigenvalue weighted by atomic mass is 16.5. The van der Waals surface area contributed by atoms with E-state index in [1.165, 1.54) is 12.7 Å². The number of hydrogen-bond donors (Lipinski definition) is 1. The summed E-state index contributed by atoms with van der Waals surface area (Å²) in [6.07, 6.45) is 1.02. The second kappa shape index (κ2) is 6.18. The highest BCUT2D eigenvalue weighted by Crippen LogP contribution is 2.22. The second-order valence-corrected chi connectivity index (χ2v) is 4.27. The highest BCUT2D eigenvalue weighted by molar-refractivity contribution is 5.57. The van der Waals surface area contributed by atoms with Crippen LogP contribution in [0.2, 0.25) is 0 Å². The number of nitrogens with zero attached hydrogens (tertiary/aromatic N) is 4. The molecule has 0 aliphatic rings. The van der Waals surface area contributed by atoms with Crippen molar-refractivity contribution in [2.24, 2.45) is 0 Å². The van der Waals surface area contributed by atoms with Gasteiger partial charge in [-0.05, 0) is 24.1 Å². The number of anilines is 3. The summed E-state index contributed by atoms with van der Waals surface area (Å²) < 4.78 is 5.09. The van der Waals surface area contributed by atoms with E-state index < -0.39 is 0 Å². The largest absolute Gasteiger partial charge is 0.467 e. The van der Waals surface area contributed by atoms with Crippen molar-refractivity contribution in [1.82, 2.24) is 15.0 Å². The van der Waals surface area contributed by atoms with E-state index in [0.717, 1.165) is 12.1 Å². The summed E-state index contributed by atoms with van der Waals surface area (Å²) in [6.45, 7) is 2.13. The Balaban J connectivity index is 2.33. The minimum atomic E-state index is 0.288. The molecular formula is C14H19N5O. The predicted molar refractivity (Wildman–Crippen MR) is 79.8 cm³/mol. The van der Waals surface area contributed by atoms with Gasteiger partial charge in [0.1, 0.15) is 0 Å². The van der Waals surface area contributed by atoms with Crippen LogP contribution in [0, 0.1) is 0 Å². The maximum absolute atomic E-state index is 5.09. The van der Waals surface area contributed by atoms with Crippen LogP contribution in [0.4, 0.5) is 17.6 Å². The lowest BCUT2D eigenvalue weighted by atomic mass is 10.1. The lowest BCUT2D eigenvalue weighted by molar-refractivity contribution is 0.379. The average Bonchev–Trinajstić information content (AvgIpc) is 2.53. The van der Waals surface area contributed by atoms with Crippen LogP contribution in [0.3, 0.4) is 0 Å². The molecule has 106 valence electrons. The van der Waals surface area contributed by atoms with Crippen molar-refractivity contribution in [1.29, 1.82) is 0 Å². The first-order valence-corrected chi connectivity index (χ1v) is 6.48. The summed E-state index contributed by atoms with van der Waals surface area (Å²) in [5.41, 5.74) is 2.31. The maximum Gasteiger partial charge on any atom is 0.322 e. The third-order valence-electron chi connectivity index (χ3n) is 3.04. The first-order chi connectivity index (χ1) is 9.67. The molecule has 0 saturated heterocycles. The Labute approximate surface area is 118 Å². The number of ether oxygens (including phenoxy) is 1. The smallest absolute Gasteiger partial charge is 0.322 e. The lowest BCUT2D eigenvalue weighted by Crippen LogP contribution is -2.15. The van der Waals surface area contributed by atoms with Gasteiger partial charge in [0.15, 0.2) is 0 Å².